The highest BCUT2D eigenvalue weighted by atomic mass is 16.5. The first-order valence-corrected chi connectivity index (χ1v) is 6.08. The van der Waals surface area contributed by atoms with Crippen LogP contribution in [-0.2, 0) is 6.42 Å². The van der Waals surface area contributed by atoms with Crippen LogP contribution in [0.2, 0.25) is 0 Å². The molecule has 2 aromatic rings. The van der Waals surface area contributed by atoms with Crippen molar-refractivity contribution in [3.8, 4) is 11.5 Å². The van der Waals surface area contributed by atoms with Crippen LogP contribution in [0.1, 0.15) is 12.5 Å². The van der Waals surface area contributed by atoms with Crippen LogP contribution in [0.25, 0.3) is 10.9 Å². The lowest BCUT2D eigenvalue weighted by Crippen LogP contribution is -2.23. The molecule has 1 heterocycles. The van der Waals surface area contributed by atoms with E-state index >= 15 is 0 Å². The third kappa shape index (κ3) is 2.71. The molecular weight excluding hydrogens is 244 g/mol. The van der Waals surface area contributed by atoms with E-state index in [1.54, 1.807) is 26.4 Å². The first-order valence-electron chi connectivity index (χ1n) is 6.08. The second kappa shape index (κ2) is 5.32. The number of nitrogens with two attached hydrogens (primary N) is 1. The van der Waals surface area contributed by atoms with E-state index in [2.05, 4.69) is 4.98 Å². The lowest BCUT2D eigenvalue weighted by molar-refractivity contribution is 0.398. The highest BCUT2D eigenvalue weighted by molar-refractivity contribution is 5.87. The first kappa shape index (κ1) is 13.4. The van der Waals surface area contributed by atoms with Crippen LogP contribution in [-0.4, -0.2) is 25.2 Å². The summed E-state index contributed by atoms with van der Waals surface area (Å²) in [5.41, 5.74) is 6.97. The van der Waals surface area contributed by atoms with E-state index in [0.29, 0.717) is 29.0 Å². The minimum absolute atomic E-state index is 0.0669. The van der Waals surface area contributed by atoms with Gasteiger partial charge >= 0.3 is 0 Å². The Bertz CT molecular complexity index is 647. The van der Waals surface area contributed by atoms with Crippen LogP contribution >= 0.6 is 0 Å². The second-order valence-corrected chi connectivity index (χ2v) is 4.60. The van der Waals surface area contributed by atoms with Crippen LogP contribution in [0.15, 0.2) is 23.0 Å². The predicted octanol–water partition coefficient (Wildman–Crippen LogP) is 1.43. The molecule has 2 rings (SSSR count). The van der Waals surface area contributed by atoms with Crippen molar-refractivity contribution < 1.29 is 9.47 Å². The predicted molar refractivity (Wildman–Crippen MR) is 75.0 cm³/mol. The summed E-state index contributed by atoms with van der Waals surface area (Å²) in [5.74, 6) is 1.30. The van der Waals surface area contributed by atoms with Crippen molar-refractivity contribution in [2.45, 2.75) is 19.4 Å². The van der Waals surface area contributed by atoms with Gasteiger partial charge in [-0.15, -0.1) is 0 Å². The van der Waals surface area contributed by atoms with Gasteiger partial charge in [-0.05, 0) is 19.4 Å². The number of pyridine rings is 1. The number of hydrogen-bond donors (Lipinski definition) is 2. The van der Waals surface area contributed by atoms with Gasteiger partial charge < -0.3 is 20.2 Å². The van der Waals surface area contributed by atoms with E-state index < -0.39 is 0 Å². The fourth-order valence-corrected chi connectivity index (χ4v) is 2.08. The van der Waals surface area contributed by atoms with Crippen LogP contribution in [0.3, 0.4) is 0 Å². The SMILES string of the molecule is COc1cc(OC)c2cc(CC(C)N)c(=O)[nH]c2c1. The third-order valence-electron chi connectivity index (χ3n) is 2.97. The Labute approximate surface area is 111 Å². The number of nitrogens with one attached hydrogen (secondary N) is 1. The van der Waals surface area contributed by atoms with Gasteiger partial charge in [0.2, 0.25) is 0 Å². The maximum absolute atomic E-state index is 12.0. The minimum Gasteiger partial charge on any atom is -0.497 e. The fraction of sp³-hybridized carbons (Fsp3) is 0.357. The molecule has 0 fully saturated rings. The van der Waals surface area contributed by atoms with Crippen molar-refractivity contribution >= 4 is 10.9 Å². The van der Waals surface area contributed by atoms with E-state index in [0.717, 1.165) is 5.39 Å². The summed E-state index contributed by atoms with van der Waals surface area (Å²) in [6.45, 7) is 1.87. The summed E-state index contributed by atoms with van der Waals surface area (Å²) in [5, 5.41) is 0.846. The topological polar surface area (TPSA) is 77.3 Å². The smallest absolute Gasteiger partial charge is 0.251 e. The zero-order chi connectivity index (χ0) is 14.0. The summed E-state index contributed by atoms with van der Waals surface area (Å²) in [4.78, 5) is 14.8. The molecule has 0 spiro atoms. The van der Waals surface area contributed by atoms with Gasteiger partial charge in [0.15, 0.2) is 0 Å². The van der Waals surface area contributed by atoms with E-state index in [9.17, 15) is 4.79 Å². The summed E-state index contributed by atoms with van der Waals surface area (Å²) >= 11 is 0. The highest BCUT2D eigenvalue weighted by Crippen LogP contribution is 2.29. The normalized spacial score (nSPS) is 12.4. The lowest BCUT2D eigenvalue weighted by Gasteiger charge is -2.11. The molecule has 1 atom stereocenters. The van der Waals surface area contributed by atoms with Crippen molar-refractivity contribution in [1.82, 2.24) is 4.98 Å². The zero-order valence-electron chi connectivity index (χ0n) is 11.3. The standard InChI is InChI=1S/C14H18N2O3/c1-8(15)4-9-5-11-12(16-14(9)17)6-10(18-2)7-13(11)19-3/h5-8H,4,15H2,1-3H3,(H,16,17). The van der Waals surface area contributed by atoms with Gasteiger partial charge in [0, 0.05) is 29.1 Å². The van der Waals surface area contributed by atoms with Crippen LogP contribution in [0, 0.1) is 0 Å². The number of rotatable bonds is 4. The molecule has 0 aliphatic carbocycles. The Hall–Kier alpha value is -2.01. The monoisotopic (exact) mass is 262 g/mol. The number of benzene rings is 1. The largest absolute Gasteiger partial charge is 0.497 e. The molecule has 1 unspecified atom stereocenters. The molecular formula is C14H18N2O3. The maximum atomic E-state index is 12.0. The fourth-order valence-electron chi connectivity index (χ4n) is 2.08. The Morgan fingerprint density at radius 1 is 1.26 bits per heavy atom. The molecule has 3 N–H and O–H groups in total. The first-order chi connectivity index (χ1) is 9.05. The molecule has 0 amide bonds. The number of hydrogen-bond acceptors (Lipinski definition) is 4. The van der Waals surface area contributed by atoms with E-state index in [4.69, 9.17) is 15.2 Å². The van der Waals surface area contributed by atoms with E-state index in [-0.39, 0.29) is 11.6 Å². The Morgan fingerprint density at radius 3 is 2.58 bits per heavy atom. The van der Waals surface area contributed by atoms with E-state index in [1.807, 2.05) is 13.0 Å². The van der Waals surface area contributed by atoms with Crippen molar-refractivity contribution in [2.75, 3.05) is 14.2 Å². The number of aromatic amines is 1. The number of fused-ring (bicyclic) bond motifs is 1. The Balaban J connectivity index is 2.67. The van der Waals surface area contributed by atoms with Gasteiger partial charge in [0.1, 0.15) is 11.5 Å². The van der Waals surface area contributed by atoms with Gasteiger partial charge in [-0.3, -0.25) is 4.79 Å². The van der Waals surface area contributed by atoms with Gasteiger partial charge in [0.25, 0.3) is 5.56 Å². The zero-order valence-corrected chi connectivity index (χ0v) is 11.3. The van der Waals surface area contributed by atoms with Crippen LogP contribution in [0.5, 0.6) is 11.5 Å². The molecule has 5 nitrogen and oxygen atoms in total. The highest BCUT2D eigenvalue weighted by Gasteiger charge is 2.10. The molecule has 5 heteroatoms. The molecule has 102 valence electrons. The third-order valence-corrected chi connectivity index (χ3v) is 2.97. The minimum atomic E-state index is -0.125. The quantitative estimate of drug-likeness (QED) is 0.874. The second-order valence-electron chi connectivity index (χ2n) is 4.60. The number of ether oxygens (including phenoxy) is 2. The van der Waals surface area contributed by atoms with E-state index in [1.165, 1.54) is 0 Å². The lowest BCUT2D eigenvalue weighted by atomic mass is 10.1. The molecule has 0 bridgehead atoms. The molecule has 0 aliphatic rings. The molecule has 1 aromatic carbocycles. The molecule has 0 aliphatic heterocycles. The Kier molecular flexibility index (Phi) is 3.76. The average Bonchev–Trinajstić information content (AvgIpc) is 2.38. The summed E-state index contributed by atoms with van der Waals surface area (Å²) < 4.78 is 10.5. The van der Waals surface area contributed by atoms with Crippen LogP contribution < -0.4 is 20.8 Å². The van der Waals surface area contributed by atoms with Crippen molar-refractivity contribution in [1.29, 1.82) is 0 Å². The van der Waals surface area contributed by atoms with Crippen molar-refractivity contribution in [3.05, 3.63) is 34.1 Å². The summed E-state index contributed by atoms with van der Waals surface area (Å²) in [7, 11) is 3.16. The number of H-pyrrole nitrogens is 1. The number of aromatic nitrogens is 1. The molecule has 0 saturated heterocycles. The van der Waals surface area contributed by atoms with Crippen molar-refractivity contribution in [3.63, 3.8) is 0 Å². The summed E-state index contributed by atoms with van der Waals surface area (Å²) in [6.07, 6.45) is 0.528. The molecule has 0 radical (unpaired) electrons. The average molecular weight is 262 g/mol. The molecule has 0 saturated carbocycles. The van der Waals surface area contributed by atoms with Gasteiger partial charge in [0.05, 0.1) is 19.7 Å². The van der Waals surface area contributed by atoms with Crippen LogP contribution in [0.4, 0.5) is 0 Å². The molecule has 19 heavy (non-hydrogen) atoms. The van der Waals surface area contributed by atoms with Gasteiger partial charge in [-0.1, -0.05) is 0 Å². The summed E-state index contributed by atoms with van der Waals surface area (Å²) in [6, 6.07) is 5.32. The Morgan fingerprint density at radius 2 is 2.00 bits per heavy atom. The molecule has 1 aromatic heterocycles. The number of methoxy groups -OCH3 is 2. The maximum Gasteiger partial charge on any atom is 0.251 e. The van der Waals surface area contributed by atoms with Crippen molar-refractivity contribution in [2.24, 2.45) is 5.73 Å². The van der Waals surface area contributed by atoms with Gasteiger partial charge in [-0.25, -0.2) is 0 Å². The van der Waals surface area contributed by atoms with Gasteiger partial charge in [-0.2, -0.15) is 0 Å².